The van der Waals surface area contributed by atoms with Gasteiger partial charge in [-0.1, -0.05) is 0 Å². The molecule has 0 atom stereocenters. The van der Waals surface area contributed by atoms with E-state index in [4.69, 9.17) is 5.14 Å². The number of sulfonamides is 1. The Morgan fingerprint density at radius 1 is 0.913 bits per heavy atom. The third-order valence-corrected chi connectivity index (χ3v) is 4.12. The summed E-state index contributed by atoms with van der Waals surface area (Å²) in [6.07, 6.45) is 3.26. The van der Waals surface area contributed by atoms with Crippen molar-refractivity contribution in [3.05, 3.63) is 71.3 Å². The van der Waals surface area contributed by atoms with Crippen molar-refractivity contribution in [1.29, 1.82) is 0 Å². The summed E-state index contributed by atoms with van der Waals surface area (Å²) in [4.78, 5) is 15.9. The lowest BCUT2D eigenvalue weighted by atomic mass is 10.2. The molecule has 0 saturated heterocycles. The van der Waals surface area contributed by atoms with Gasteiger partial charge in [0.25, 0.3) is 5.56 Å². The normalized spacial score (nSPS) is 11.3. The summed E-state index contributed by atoms with van der Waals surface area (Å²) in [5.41, 5.74) is 1.53. The van der Waals surface area contributed by atoms with E-state index in [0.29, 0.717) is 11.4 Å². The van der Waals surface area contributed by atoms with Crippen molar-refractivity contribution < 1.29 is 8.42 Å². The molecule has 7 nitrogen and oxygen atoms in total. The van der Waals surface area contributed by atoms with E-state index in [1.165, 1.54) is 35.0 Å². The van der Waals surface area contributed by atoms with Crippen LogP contribution in [-0.2, 0) is 10.0 Å². The van der Waals surface area contributed by atoms with E-state index in [-0.39, 0.29) is 10.5 Å². The largest absolute Gasteiger partial charge is 0.271 e. The Hall–Kier alpha value is -2.84. The predicted octanol–water partition coefficient (Wildman–Crippen LogP) is 0.942. The second-order valence-corrected chi connectivity index (χ2v) is 6.30. The molecule has 0 spiro atoms. The van der Waals surface area contributed by atoms with Crippen LogP contribution in [0.4, 0.5) is 0 Å². The second kappa shape index (κ2) is 5.75. The molecule has 0 aliphatic rings. The Bertz CT molecular complexity index is 997. The lowest BCUT2D eigenvalue weighted by Gasteiger charge is -2.07. The van der Waals surface area contributed by atoms with Crippen LogP contribution in [0.25, 0.3) is 16.9 Å². The average molecular weight is 328 g/mol. The van der Waals surface area contributed by atoms with Gasteiger partial charge in [0.15, 0.2) is 0 Å². The topological polar surface area (TPSA) is 108 Å². The number of hydrogen-bond acceptors (Lipinski definition) is 5. The fraction of sp³-hybridized carbons (Fsp3) is 0. The third kappa shape index (κ3) is 3.17. The van der Waals surface area contributed by atoms with Gasteiger partial charge in [-0.25, -0.2) is 13.6 Å². The first-order chi connectivity index (χ1) is 10.9. The highest BCUT2D eigenvalue weighted by Gasteiger charge is 2.09. The molecule has 3 aromatic rings. The lowest BCUT2D eigenvalue weighted by molar-refractivity contribution is 0.597. The fourth-order valence-corrected chi connectivity index (χ4v) is 2.57. The molecule has 0 unspecified atom stereocenters. The maximum atomic E-state index is 12.0. The van der Waals surface area contributed by atoms with Gasteiger partial charge < -0.3 is 0 Å². The molecule has 116 valence electrons. The third-order valence-electron chi connectivity index (χ3n) is 3.19. The average Bonchev–Trinajstić information content (AvgIpc) is 2.55. The molecule has 0 bridgehead atoms. The van der Waals surface area contributed by atoms with E-state index in [0.717, 1.165) is 5.56 Å². The summed E-state index contributed by atoms with van der Waals surface area (Å²) in [5, 5.41) is 9.36. The summed E-state index contributed by atoms with van der Waals surface area (Å²) < 4.78 is 23.7. The van der Waals surface area contributed by atoms with E-state index in [9.17, 15) is 13.2 Å². The molecule has 2 heterocycles. The molecule has 0 fully saturated rings. The van der Waals surface area contributed by atoms with Gasteiger partial charge in [-0.2, -0.15) is 9.78 Å². The molecule has 0 saturated carbocycles. The smallest absolute Gasteiger partial charge is 0.267 e. The van der Waals surface area contributed by atoms with Crippen LogP contribution >= 0.6 is 0 Å². The maximum Gasteiger partial charge on any atom is 0.271 e. The quantitative estimate of drug-likeness (QED) is 0.770. The first-order valence-corrected chi connectivity index (χ1v) is 8.14. The monoisotopic (exact) mass is 328 g/mol. The minimum Gasteiger partial charge on any atom is -0.267 e. The molecule has 23 heavy (non-hydrogen) atoms. The van der Waals surface area contributed by atoms with E-state index in [2.05, 4.69) is 10.1 Å². The minimum absolute atomic E-state index is 0.0282. The molecular formula is C15H12N4O3S. The van der Waals surface area contributed by atoms with E-state index in [1.54, 1.807) is 30.6 Å². The fourth-order valence-electron chi connectivity index (χ4n) is 2.05. The van der Waals surface area contributed by atoms with Gasteiger partial charge in [-0.3, -0.25) is 9.78 Å². The van der Waals surface area contributed by atoms with Crippen LogP contribution in [0.1, 0.15) is 0 Å². The van der Waals surface area contributed by atoms with Gasteiger partial charge in [0.1, 0.15) is 0 Å². The van der Waals surface area contributed by atoms with Crippen molar-refractivity contribution in [3.8, 4) is 16.9 Å². The molecule has 0 aliphatic carbocycles. The number of primary sulfonamides is 1. The zero-order chi connectivity index (χ0) is 16.4. The number of nitrogens with two attached hydrogens (primary N) is 1. The first-order valence-electron chi connectivity index (χ1n) is 6.59. The summed E-state index contributed by atoms with van der Waals surface area (Å²) in [6, 6.07) is 12.2. The highest BCUT2D eigenvalue weighted by Crippen LogP contribution is 2.15. The Kier molecular flexibility index (Phi) is 3.77. The highest BCUT2D eigenvalue weighted by atomic mass is 32.2. The molecule has 0 amide bonds. The number of rotatable bonds is 3. The number of aromatic nitrogens is 3. The van der Waals surface area contributed by atoms with E-state index >= 15 is 0 Å². The van der Waals surface area contributed by atoms with Crippen LogP contribution < -0.4 is 10.7 Å². The molecule has 0 aliphatic heterocycles. The summed E-state index contributed by atoms with van der Waals surface area (Å²) in [5.74, 6) is 0. The van der Waals surface area contributed by atoms with Crippen molar-refractivity contribution in [3.63, 3.8) is 0 Å². The van der Waals surface area contributed by atoms with Gasteiger partial charge in [0.05, 0.1) is 16.3 Å². The van der Waals surface area contributed by atoms with Gasteiger partial charge in [-0.05, 0) is 42.5 Å². The van der Waals surface area contributed by atoms with Crippen LogP contribution in [0, 0.1) is 0 Å². The second-order valence-electron chi connectivity index (χ2n) is 4.74. The predicted molar refractivity (Wildman–Crippen MR) is 84.4 cm³/mol. The number of nitrogens with zero attached hydrogens (tertiary/aromatic N) is 3. The number of hydrogen-bond donors (Lipinski definition) is 1. The van der Waals surface area contributed by atoms with Crippen LogP contribution in [0.2, 0.25) is 0 Å². The zero-order valence-electron chi connectivity index (χ0n) is 11.8. The van der Waals surface area contributed by atoms with Crippen LogP contribution in [0.3, 0.4) is 0 Å². The van der Waals surface area contributed by atoms with Gasteiger partial charge >= 0.3 is 0 Å². The van der Waals surface area contributed by atoms with Gasteiger partial charge in [0, 0.05) is 24.0 Å². The van der Waals surface area contributed by atoms with Crippen LogP contribution in [-0.4, -0.2) is 23.2 Å². The Balaban J connectivity index is 2.08. The van der Waals surface area contributed by atoms with Crippen molar-refractivity contribution in [1.82, 2.24) is 14.8 Å². The summed E-state index contributed by atoms with van der Waals surface area (Å²) in [7, 11) is -3.78. The summed E-state index contributed by atoms with van der Waals surface area (Å²) >= 11 is 0. The van der Waals surface area contributed by atoms with Gasteiger partial charge in [0.2, 0.25) is 10.0 Å². The Morgan fingerprint density at radius 2 is 1.57 bits per heavy atom. The highest BCUT2D eigenvalue weighted by molar-refractivity contribution is 7.89. The molecule has 8 heteroatoms. The summed E-state index contributed by atoms with van der Waals surface area (Å²) in [6.45, 7) is 0. The van der Waals surface area contributed by atoms with Crippen LogP contribution in [0.15, 0.2) is 70.6 Å². The first kappa shape index (κ1) is 15.1. The lowest BCUT2D eigenvalue weighted by Crippen LogP contribution is -2.20. The Morgan fingerprint density at radius 3 is 2.17 bits per heavy atom. The SMILES string of the molecule is NS(=O)(=O)c1ccc(-n2nc(-c3ccncc3)ccc2=O)cc1. The molecular weight excluding hydrogens is 316 g/mol. The maximum absolute atomic E-state index is 12.0. The van der Waals surface area contributed by atoms with Crippen molar-refractivity contribution in [2.45, 2.75) is 4.90 Å². The number of pyridine rings is 1. The van der Waals surface area contributed by atoms with E-state index < -0.39 is 10.0 Å². The van der Waals surface area contributed by atoms with Crippen molar-refractivity contribution in [2.24, 2.45) is 5.14 Å². The molecule has 2 aromatic heterocycles. The van der Waals surface area contributed by atoms with Gasteiger partial charge in [-0.15, -0.1) is 0 Å². The molecule has 3 rings (SSSR count). The molecule has 0 radical (unpaired) electrons. The molecule has 1 aromatic carbocycles. The molecule has 2 N–H and O–H groups in total. The minimum atomic E-state index is -3.78. The zero-order valence-corrected chi connectivity index (χ0v) is 12.6. The Labute approximate surface area is 132 Å². The van der Waals surface area contributed by atoms with E-state index in [1.807, 2.05) is 0 Å². The number of benzene rings is 1. The standard InChI is InChI=1S/C15H12N4O3S/c16-23(21,22)13-3-1-12(2-4-13)19-15(20)6-5-14(18-19)11-7-9-17-10-8-11/h1-10H,(H2,16,21,22). The van der Waals surface area contributed by atoms with Crippen LogP contribution in [0.5, 0.6) is 0 Å². The van der Waals surface area contributed by atoms with Crippen molar-refractivity contribution >= 4 is 10.0 Å². The van der Waals surface area contributed by atoms with Crippen molar-refractivity contribution in [2.75, 3.05) is 0 Å².